The highest BCUT2D eigenvalue weighted by molar-refractivity contribution is 6.42. The number of esters is 1. The molecule has 4 rings (SSSR count). The average Bonchev–Trinajstić information content (AvgIpc) is 2.99. The monoisotopic (exact) mass is 444 g/mol. The van der Waals surface area contributed by atoms with Crippen LogP contribution in [0.5, 0.6) is 0 Å². The van der Waals surface area contributed by atoms with Gasteiger partial charge in [-0.05, 0) is 49.2 Å². The van der Waals surface area contributed by atoms with Crippen molar-refractivity contribution in [3.8, 4) is 0 Å². The van der Waals surface area contributed by atoms with Gasteiger partial charge in [0.2, 0.25) is 0 Å². The highest BCUT2D eigenvalue weighted by Gasteiger charge is 2.17. The third-order valence-corrected chi connectivity index (χ3v) is 5.87. The molecule has 2 heterocycles. The minimum absolute atomic E-state index is 0.0911. The molecule has 1 aliphatic heterocycles. The molecule has 0 N–H and O–H groups in total. The molecule has 0 unspecified atom stereocenters. The maximum absolute atomic E-state index is 12.8. The van der Waals surface area contributed by atoms with E-state index >= 15 is 0 Å². The van der Waals surface area contributed by atoms with Crippen LogP contribution in [-0.4, -0.2) is 27.9 Å². The van der Waals surface area contributed by atoms with E-state index in [-0.39, 0.29) is 16.1 Å². The lowest BCUT2D eigenvalue weighted by Gasteiger charge is -2.11. The normalized spacial score (nSPS) is 13.5. The van der Waals surface area contributed by atoms with Crippen LogP contribution >= 0.6 is 23.2 Å². The van der Waals surface area contributed by atoms with E-state index in [1.807, 2.05) is 0 Å². The lowest BCUT2D eigenvalue weighted by atomic mass is 10.1. The third kappa shape index (κ3) is 4.11. The molecule has 3 aromatic rings. The van der Waals surface area contributed by atoms with Gasteiger partial charge in [0.05, 0.1) is 26.5 Å². The second-order valence-corrected chi connectivity index (χ2v) is 7.97. The molecule has 2 aromatic carbocycles. The fourth-order valence-corrected chi connectivity index (χ4v) is 3.81. The van der Waals surface area contributed by atoms with E-state index in [1.165, 1.54) is 30.3 Å². The van der Waals surface area contributed by atoms with Crippen LogP contribution in [0.1, 0.15) is 45.8 Å². The molecule has 0 spiro atoms. The molecule has 0 radical (unpaired) electrons. The first-order valence-corrected chi connectivity index (χ1v) is 10.4. The number of aryl methyl sites for hydroxylation is 1. The molecule has 0 amide bonds. The number of carbonyl (C=O) groups is 2. The van der Waals surface area contributed by atoms with Crippen molar-refractivity contribution in [2.45, 2.75) is 32.2 Å². The van der Waals surface area contributed by atoms with Crippen LogP contribution < -0.4 is 5.56 Å². The van der Waals surface area contributed by atoms with Crippen molar-refractivity contribution < 1.29 is 14.3 Å². The smallest absolute Gasteiger partial charge is 0.338 e. The predicted molar refractivity (Wildman–Crippen MR) is 115 cm³/mol. The zero-order valence-corrected chi connectivity index (χ0v) is 17.5. The average molecular weight is 445 g/mol. The molecule has 0 fully saturated rings. The predicted octanol–water partition coefficient (Wildman–Crippen LogP) is 4.47. The van der Waals surface area contributed by atoms with Crippen LogP contribution in [0.15, 0.2) is 41.2 Å². The Hall–Kier alpha value is -2.70. The Balaban J connectivity index is 1.54. The minimum atomic E-state index is -0.665. The fourth-order valence-electron chi connectivity index (χ4n) is 3.51. The number of aromatic nitrogens is 2. The van der Waals surface area contributed by atoms with Gasteiger partial charge in [-0.1, -0.05) is 29.6 Å². The number of benzene rings is 2. The summed E-state index contributed by atoms with van der Waals surface area (Å²) in [6, 6.07) is 9.09. The largest absolute Gasteiger partial charge is 0.454 e. The number of carbonyl (C=O) groups excluding carboxylic acids is 2. The molecule has 154 valence electrons. The number of fused-ring (bicyclic) bond motifs is 2. The van der Waals surface area contributed by atoms with Gasteiger partial charge in [0.25, 0.3) is 5.56 Å². The summed E-state index contributed by atoms with van der Waals surface area (Å²) in [7, 11) is 0. The van der Waals surface area contributed by atoms with E-state index in [0.717, 1.165) is 31.5 Å². The molecular formula is C22H18Cl2N2O4. The van der Waals surface area contributed by atoms with Crippen LogP contribution in [0.2, 0.25) is 10.0 Å². The summed E-state index contributed by atoms with van der Waals surface area (Å²) in [5.74, 6) is -0.322. The van der Waals surface area contributed by atoms with Crippen LogP contribution in [-0.2, 0) is 17.7 Å². The molecule has 0 bridgehead atoms. The summed E-state index contributed by atoms with van der Waals surface area (Å²) in [6.07, 6.45) is 3.73. The molecule has 30 heavy (non-hydrogen) atoms. The number of ether oxygens (including phenoxy) is 1. The second-order valence-electron chi connectivity index (χ2n) is 7.16. The first-order chi connectivity index (χ1) is 14.4. The van der Waals surface area contributed by atoms with Gasteiger partial charge >= 0.3 is 5.97 Å². The lowest BCUT2D eigenvalue weighted by molar-refractivity contribution is 0.0475. The summed E-state index contributed by atoms with van der Waals surface area (Å²) in [5, 5.41) is 1.05. The summed E-state index contributed by atoms with van der Waals surface area (Å²) < 4.78 is 6.88. The van der Waals surface area contributed by atoms with Gasteiger partial charge in [-0.2, -0.15) is 0 Å². The van der Waals surface area contributed by atoms with Crippen molar-refractivity contribution in [3.05, 3.63) is 73.7 Å². The maximum Gasteiger partial charge on any atom is 0.338 e. The van der Waals surface area contributed by atoms with Crippen molar-refractivity contribution in [1.82, 2.24) is 9.55 Å². The van der Waals surface area contributed by atoms with Crippen molar-refractivity contribution in [1.29, 1.82) is 0 Å². The molecule has 1 aliphatic rings. The molecule has 6 nitrogen and oxygen atoms in total. The summed E-state index contributed by atoms with van der Waals surface area (Å²) in [5.41, 5.74) is 0.896. The first kappa shape index (κ1) is 20.6. The standard InChI is InChI=1S/C22H18Cl2N2O4/c23-16-8-6-13(10-17(16)24)19(27)12-30-22(29)14-5-7-15-18(11-14)25-20-4-2-1-3-9-26(20)21(15)28/h5-8,10-11H,1-4,9,12H2. The summed E-state index contributed by atoms with van der Waals surface area (Å²) >= 11 is 11.8. The van der Waals surface area contributed by atoms with Crippen molar-refractivity contribution >= 4 is 45.9 Å². The van der Waals surface area contributed by atoms with Gasteiger partial charge in [-0.25, -0.2) is 9.78 Å². The Morgan fingerprint density at radius 2 is 1.80 bits per heavy atom. The van der Waals surface area contributed by atoms with Crippen molar-refractivity contribution in [2.75, 3.05) is 6.61 Å². The SMILES string of the molecule is O=C(COC(=O)c1ccc2c(=O)n3c(nc2c1)CCCCC3)c1ccc(Cl)c(Cl)c1. The van der Waals surface area contributed by atoms with Gasteiger partial charge in [0, 0.05) is 18.5 Å². The number of hydrogen-bond donors (Lipinski definition) is 0. The Morgan fingerprint density at radius 1 is 1.00 bits per heavy atom. The molecule has 0 aliphatic carbocycles. The molecule has 0 saturated carbocycles. The van der Waals surface area contributed by atoms with E-state index in [9.17, 15) is 14.4 Å². The lowest BCUT2D eigenvalue weighted by Crippen LogP contribution is -2.24. The summed E-state index contributed by atoms with van der Waals surface area (Å²) in [4.78, 5) is 42.1. The van der Waals surface area contributed by atoms with Gasteiger partial charge in [0.15, 0.2) is 12.4 Å². The number of rotatable bonds is 4. The Bertz CT molecular complexity index is 1220. The maximum atomic E-state index is 12.8. The van der Waals surface area contributed by atoms with Gasteiger partial charge in [-0.15, -0.1) is 0 Å². The van der Waals surface area contributed by atoms with Crippen LogP contribution in [0.4, 0.5) is 0 Å². The first-order valence-electron chi connectivity index (χ1n) is 9.63. The van der Waals surface area contributed by atoms with E-state index in [1.54, 1.807) is 10.6 Å². The highest BCUT2D eigenvalue weighted by atomic mass is 35.5. The number of hydrogen-bond acceptors (Lipinski definition) is 5. The van der Waals surface area contributed by atoms with Crippen LogP contribution in [0.3, 0.4) is 0 Å². The number of nitrogens with zero attached hydrogens (tertiary/aromatic N) is 2. The number of Topliss-reactive ketones (excluding diaryl/α,β-unsaturated/α-hetero) is 1. The number of ketones is 1. The molecule has 0 saturated heterocycles. The topological polar surface area (TPSA) is 78.3 Å². The van der Waals surface area contributed by atoms with Crippen LogP contribution in [0, 0.1) is 0 Å². The van der Waals surface area contributed by atoms with E-state index in [0.29, 0.717) is 28.0 Å². The van der Waals surface area contributed by atoms with Gasteiger partial charge < -0.3 is 4.74 Å². The fraction of sp³-hybridized carbons (Fsp3) is 0.273. The Morgan fingerprint density at radius 3 is 2.60 bits per heavy atom. The van der Waals surface area contributed by atoms with Crippen molar-refractivity contribution in [3.63, 3.8) is 0 Å². The third-order valence-electron chi connectivity index (χ3n) is 5.13. The second kappa shape index (κ2) is 8.58. The molecular weight excluding hydrogens is 427 g/mol. The van der Waals surface area contributed by atoms with Gasteiger partial charge in [-0.3, -0.25) is 14.2 Å². The van der Waals surface area contributed by atoms with Gasteiger partial charge in [0.1, 0.15) is 5.82 Å². The van der Waals surface area contributed by atoms with E-state index in [4.69, 9.17) is 27.9 Å². The Kier molecular flexibility index (Phi) is 5.88. The quantitative estimate of drug-likeness (QED) is 0.438. The number of halogens is 2. The van der Waals surface area contributed by atoms with E-state index < -0.39 is 18.4 Å². The minimum Gasteiger partial charge on any atom is -0.454 e. The van der Waals surface area contributed by atoms with Crippen LogP contribution in [0.25, 0.3) is 10.9 Å². The zero-order chi connectivity index (χ0) is 21.3. The molecule has 8 heteroatoms. The zero-order valence-electron chi connectivity index (χ0n) is 16.0. The van der Waals surface area contributed by atoms with E-state index in [2.05, 4.69) is 4.98 Å². The summed E-state index contributed by atoms with van der Waals surface area (Å²) in [6.45, 7) is 0.229. The molecule has 0 atom stereocenters. The molecule has 1 aromatic heterocycles. The highest BCUT2D eigenvalue weighted by Crippen LogP contribution is 2.23. The van der Waals surface area contributed by atoms with Crippen molar-refractivity contribution in [2.24, 2.45) is 0 Å². The Labute approximate surface area is 182 Å².